The molecule has 0 unspecified atom stereocenters. The molecule has 0 radical (unpaired) electrons. The largest absolute Gasteiger partial charge is 0.387 e. The number of nitrogens with zero attached hydrogens (tertiary/aromatic N) is 1. The van der Waals surface area contributed by atoms with E-state index < -0.39 is 0 Å². The van der Waals surface area contributed by atoms with Crippen LogP contribution < -0.4 is 5.32 Å². The first kappa shape index (κ1) is 12.7. The number of aromatic nitrogens is 1. The summed E-state index contributed by atoms with van der Waals surface area (Å²) in [6.45, 7) is 11.9. The van der Waals surface area contributed by atoms with Crippen molar-refractivity contribution >= 4 is 5.70 Å². The summed E-state index contributed by atoms with van der Waals surface area (Å²) in [5.41, 5.74) is 4.05. The topological polar surface area (TPSA) is 24.9 Å². The van der Waals surface area contributed by atoms with Gasteiger partial charge in [0.05, 0.1) is 11.4 Å². The van der Waals surface area contributed by atoms with Crippen LogP contribution in [0, 0.1) is 13.8 Å². The number of rotatable bonds is 2. The van der Waals surface area contributed by atoms with Crippen molar-refractivity contribution in [2.24, 2.45) is 0 Å². The van der Waals surface area contributed by atoms with Crippen molar-refractivity contribution in [3.05, 3.63) is 35.7 Å². The predicted octanol–water partition coefficient (Wildman–Crippen LogP) is 2.91. The van der Waals surface area contributed by atoms with E-state index in [4.69, 9.17) is 0 Å². The Hall–Kier alpha value is -1.31. The van der Waals surface area contributed by atoms with Gasteiger partial charge in [0.1, 0.15) is 0 Å². The Morgan fingerprint density at radius 1 is 1.29 bits per heavy atom. The van der Waals surface area contributed by atoms with Crippen LogP contribution in [0.2, 0.25) is 0 Å². The van der Waals surface area contributed by atoms with Gasteiger partial charge in [0, 0.05) is 12.7 Å². The third-order valence-corrected chi connectivity index (χ3v) is 1.96. The lowest BCUT2D eigenvalue weighted by Crippen LogP contribution is -2.05. The van der Waals surface area contributed by atoms with Gasteiger partial charge >= 0.3 is 0 Å². The van der Waals surface area contributed by atoms with Crippen molar-refractivity contribution in [2.75, 3.05) is 7.05 Å². The van der Waals surface area contributed by atoms with Crippen molar-refractivity contribution in [2.45, 2.75) is 27.7 Å². The third-order valence-electron chi connectivity index (χ3n) is 1.96. The van der Waals surface area contributed by atoms with Crippen LogP contribution in [0.1, 0.15) is 30.8 Å². The number of pyridine rings is 1. The van der Waals surface area contributed by atoms with Crippen molar-refractivity contribution in [1.29, 1.82) is 0 Å². The minimum absolute atomic E-state index is 0.859. The lowest BCUT2D eigenvalue weighted by molar-refractivity contribution is 1.06. The summed E-state index contributed by atoms with van der Waals surface area (Å²) >= 11 is 0. The molecule has 0 aromatic carbocycles. The molecule has 0 atom stereocenters. The molecular formula is C12H20N2. The molecule has 0 bridgehead atoms. The Kier molecular flexibility index (Phi) is 5.61. The van der Waals surface area contributed by atoms with Gasteiger partial charge in [0.25, 0.3) is 0 Å². The molecular weight excluding hydrogens is 172 g/mol. The van der Waals surface area contributed by atoms with Crippen LogP contribution in [-0.2, 0) is 0 Å². The summed E-state index contributed by atoms with van der Waals surface area (Å²) in [7, 11) is 1.85. The zero-order chi connectivity index (χ0) is 11.1. The lowest BCUT2D eigenvalue weighted by Gasteiger charge is -2.05. The summed E-state index contributed by atoms with van der Waals surface area (Å²) in [6, 6.07) is 4.03. The predicted molar refractivity (Wildman–Crippen MR) is 63.2 cm³/mol. The molecule has 0 spiro atoms. The molecule has 1 aromatic heterocycles. The van der Waals surface area contributed by atoms with Crippen LogP contribution in [0.3, 0.4) is 0 Å². The van der Waals surface area contributed by atoms with Crippen LogP contribution in [0.4, 0.5) is 0 Å². The summed E-state index contributed by atoms with van der Waals surface area (Å²) in [6.07, 6.45) is 0. The Morgan fingerprint density at radius 3 is 2.29 bits per heavy atom. The molecule has 0 saturated carbocycles. The molecule has 2 nitrogen and oxygen atoms in total. The SMILES string of the molecule is C=C(NC)c1ccc(C)c(C)n1.CC. The van der Waals surface area contributed by atoms with E-state index in [1.165, 1.54) is 5.56 Å². The first-order chi connectivity index (χ1) is 6.65. The van der Waals surface area contributed by atoms with Gasteiger partial charge in [0.2, 0.25) is 0 Å². The summed E-state index contributed by atoms with van der Waals surface area (Å²) in [5.74, 6) is 0. The highest BCUT2D eigenvalue weighted by atomic mass is 14.9. The fourth-order valence-corrected chi connectivity index (χ4v) is 0.927. The van der Waals surface area contributed by atoms with E-state index in [1.807, 2.05) is 40.8 Å². The van der Waals surface area contributed by atoms with E-state index >= 15 is 0 Å². The van der Waals surface area contributed by atoms with Gasteiger partial charge in [-0.25, -0.2) is 0 Å². The second kappa shape index (κ2) is 6.19. The maximum atomic E-state index is 4.38. The first-order valence-electron chi connectivity index (χ1n) is 4.96. The highest BCUT2D eigenvalue weighted by Crippen LogP contribution is 2.09. The molecule has 0 saturated heterocycles. The molecule has 1 aromatic rings. The van der Waals surface area contributed by atoms with Gasteiger partial charge < -0.3 is 5.32 Å². The summed E-state index contributed by atoms with van der Waals surface area (Å²) in [5, 5.41) is 2.97. The number of aryl methyl sites for hydroxylation is 2. The van der Waals surface area contributed by atoms with E-state index in [1.54, 1.807) is 0 Å². The normalized spacial score (nSPS) is 8.64. The Morgan fingerprint density at radius 2 is 1.86 bits per heavy atom. The minimum Gasteiger partial charge on any atom is -0.387 e. The molecule has 78 valence electrons. The Labute approximate surface area is 87.1 Å². The highest BCUT2D eigenvalue weighted by Gasteiger charge is 1.99. The molecule has 0 aliphatic rings. The van der Waals surface area contributed by atoms with E-state index in [2.05, 4.69) is 22.9 Å². The molecule has 0 aliphatic heterocycles. The Bertz CT molecular complexity index is 303. The van der Waals surface area contributed by atoms with E-state index in [9.17, 15) is 0 Å². The van der Waals surface area contributed by atoms with E-state index in [0.29, 0.717) is 0 Å². The quantitative estimate of drug-likeness (QED) is 0.779. The van der Waals surface area contributed by atoms with Crippen LogP contribution in [-0.4, -0.2) is 12.0 Å². The maximum Gasteiger partial charge on any atom is 0.0858 e. The molecule has 1 N–H and O–H groups in total. The Balaban J connectivity index is 0.000000791. The van der Waals surface area contributed by atoms with Gasteiger partial charge in [-0.3, -0.25) is 4.98 Å². The average Bonchev–Trinajstić information content (AvgIpc) is 2.24. The average molecular weight is 192 g/mol. The molecule has 1 rings (SSSR count). The second-order valence-corrected chi connectivity index (χ2v) is 2.83. The first-order valence-corrected chi connectivity index (χ1v) is 4.96. The number of nitrogens with one attached hydrogen (secondary N) is 1. The van der Waals surface area contributed by atoms with Crippen LogP contribution in [0.25, 0.3) is 5.70 Å². The van der Waals surface area contributed by atoms with E-state index in [-0.39, 0.29) is 0 Å². The van der Waals surface area contributed by atoms with Gasteiger partial charge in [-0.15, -0.1) is 0 Å². The van der Waals surface area contributed by atoms with Crippen molar-refractivity contribution in [3.63, 3.8) is 0 Å². The fourth-order valence-electron chi connectivity index (χ4n) is 0.927. The van der Waals surface area contributed by atoms with Crippen LogP contribution >= 0.6 is 0 Å². The molecule has 0 aliphatic carbocycles. The zero-order valence-corrected chi connectivity index (χ0v) is 9.81. The van der Waals surface area contributed by atoms with Crippen molar-refractivity contribution < 1.29 is 0 Å². The second-order valence-electron chi connectivity index (χ2n) is 2.83. The van der Waals surface area contributed by atoms with Gasteiger partial charge in [0.15, 0.2) is 0 Å². The number of hydrogen-bond donors (Lipinski definition) is 1. The van der Waals surface area contributed by atoms with Gasteiger partial charge in [-0.05, 0) is 25.5 Å². The van der Waals surface area contributed by atoms with Gasteiger partial charge in [-0.1, -0.05) is 26.5 Å². The van der Waals surface area contributed by atoms with Crippen LogP contribution in [0.5, 0.6) is 0 Å². The van der Waals surface area contributed by atoms with Crippen molar-refractivity contribution in [3.8, 4) is 0 Å². The smallest absolute Gasteiger partial charge is 0.0858 e. The lowest BCUT2D eigenvalue weighted by atomic mass is 10.2. The van der Waals surface area contributed by atoms with E-state index in [0.717, 1.165) is 17.1 Å². The molecule has 1 heterocycles. The number of hydrogen-bond acceptors (Lipinski definition) is 2. The summed E-state index contributed by atoms with van der Waals surface area (Å²) in [4.78, 5) is 4.38. The summed E-state index contributed by atoms with van der Waals surface area (Å²) < 4.78 is 0. The molecule has 2 heteroatoms. The molecule has 0 fully saturated rings. The van der Waals surface area contributed by atoms with Gasteiger partial charge in [-0.2, -0.15) is 0 Å². The maximum absolute atomic E-state index is 4.38. The fraction of sp³-hybridized carbons (Fsp3) is 0.417. The molecule has 14 heavy (non-hydrogen) atoms. The van der Waals surface area contributed by atoms with Crippen molar-refractivity contribution in [1.82, 2.24) is 10.3 Å². The minimum atomic E-state index is 0.859. The highest BCUT2D eigenvalue weighted by molar-refractivity contribution is 5.58. The standard InChI is InChI=1S/C10H14N2.C2H6/c1-7-5-6-10(9(3)11-4)12-8(7)2;1-2/h5-6,11H,3H2,1-2,4H3;1-2H3. The monoisotopic (exact) mass is 192 g/mol. The third kappa shape index (κ3) is 3.21. The van der Waals surface area contributed by atoms with Crippen LogP contribution in [0.15, 0.2) is 18.7 Å². The molecule has 0 amide bonds. The zero-order valence-electron chi connectivity index (χ0n) is 9.81.